The fourth-order valence-electron chi connectivity index (χ4n) is 8.02. The van der Waals surface area contributed by atoms with Crippen LogP contribution in [0.5, 0.6) is 0 Å². The molecule has 3 fully saturated rings. The van der Waals surface area contributed by atoms with Crippen molar-refractivity contribution in [3.05, 3.63) is 36.0 Å². The van der Waals surface area contributed by atoms with Crippen LogP contribution in [0.3, 0.4) is 0 Å². The highest BCUT2D eigenvalue weighted by Crippen LogP contribution is 2.38. The van der Waals surface area contributed by atoms with Crippen molar-refractivity contribution in [2.24, 2.45) is 23.7 Å². The number of allylic oxidation sites excluding steroid dienone is 6. The number of methoxy groups -OCH3 is 2. The molecule has 0 aromatic carbocycles. The minimum Gasteiger partial charge on any atom is -0.464 e. The molecule has 0 aromatic rings. The number of cyclic esters (lactones) is 1. The number of ketones is 3. The number of aliphatic hydroxyl groups is 3. The van der Waals surface area contributed by atoms with Gasteiger partial charge in [0.2, 0.25) is 5.79 Å². The van der Waals surface area contributed by atoms with Gasteiger partial charge in [0.15, 0.2) is 5.78 Å². The van der Waals surface area contributed by atoms with Gasteiger partial charge in [-0.15, -0.1) is 0 Å². The van der Waals surface area contributed by atoms with Gasteiger partial charge >= 0.3 is 5.97 Å². The smallest absolute Gasteiger partial charge is 0.328 e. The first-order valence-corrected chi connectivity index (χ1v) is 22.1. The zero-order valence-electron chi connectivity index (χ0n) is 38.4. The Bertz CT molecular complexity index is 1410. The minimum absolute atomic E-state index is 0.0416. The summed E-state index contributed by atoms with van der Waals surface area (Å²) < 4.78 is 22.3. The molecule has 0 radical (unpaired) electrons. The Labute approximate surface area is 360 Å². The molecule has 2 bridgehead atoms. The third kappa shape index (κ3) is 18.1. The van der Waals surface area contributed by atoms with Crippen molar-refractivity contribution < 1.29 is 58.2 Å². The van der Waals surface area contributed by atoms with Gasteiger partial charge in [-0.3, -0.25) is 19.2 Å². The van der Waals surface area contributed by atoms with E-state index in [2.05, 4.69) is 19.1 Å². The molecule has 1 saturated carbocycles. The lowest BCUT2D eigenvalue weighted by atomic mass is 9.83. The molecular formula is C47H79NO12. The number of carbonyl (C=O) groups excluding carboxylic acids is 5. The average molecular weight is 850 g/mol. The van der Waals surface area contributed by atoms with Crippen LogP contribution in [0.2, 0.25) is 0 Å². The standard InChI is InChI=1S/C29H45NO8.C10H18O2.C7H12O.CH4O/c1-19-11-13-22(31)9-6-8-16-37-28(34)23-10-5-7-15-30(23)27(33)26(32)29(35)21(3)18-25(36-4)24(38-29)14-12-20(2)17-19;1-3-4-8-5-6-9(11)10(7-8)12-2;1-4-5-7(8)6(2)3;1-2/h11,20-21,23-25,35H,5-10,12-18H2,1-4H3;3-4,8-11H,5-7H2,1-2H3;4-6H,1-3H3;2H,1H3/b19-11+;4-3-;5-4+;/t;8-,9+,10?;;/m.1../s1. The highest BCUT2D eigenvalue weighted by atomic mass is 16.7. The fourth-order valence-corrected chi connectivity index (χ4v) is 8.02. The van der Waals surface area contributed by atoms with Crippen molar-refractivity contribution in [3.63, 3.8) is 0 Å². The van der Waals surface area contributed by atoms with Crippen LogP contribution in [0.25, 0.3) is 0 Å². The van der Waals surface area contributed by atoms with E-state index in [1.807, 2.05) is 40.7 Å². The summed E-state index contributed by atoms with van der Waals surface area (Å²) in [7, 11) is 4.25. The van der Waals surface area contributed by atoms with Gasteiger partial charge in [0, 0.05) is 52.6 Å². The van der Waals surface area contributed by atoms with Crippen LogP contribution in [-0.2, 0) is 42.9 Å². The maximum absolute atomic E-state index is 13.5. The molecule has 13 heteroatoms. The zero-order valence-corrected chi connectivity index (χ0v) is 38.4. The Morgan fingerprint density at radius 3 is 2.20 bits per heavy atom. The van der Waals surface area contributed by atoms with Gasteiger partial charge in [-0.2, -0.15) is 0 Å². The Hall–Kier alpha value is -3.07. The number of carbonyl (C=O) groups is 5. The molecular weight excluding hydrogens is 771 g/mol. The number of esters is 1. The Balaban J connectivity index is 0.000000666. The number of piperidine rings is 1. The molecule has 3 heterocycles. The Morgan fingerprint density at radius 2 is 1.60 bits per heavy atom. The summed E-state index contributed by atoms with van der Waals surface area (Å²) in [4.78, 5) is 64.0. The molecule has 0 spiro atoms. The molecule has 4 aliphatic rings. The molecule has 4 rings (SSSR count). The van der Waals surface area contributed by atoms with E-state index in [1.54, 1.807) is 33.3 Å². The summed E-state index contributed by atoms with van der Waals surface area (Å²) in [6, 6.07) is -0.880. The molecule has 344 valence electrons. The first-order valence-electron chi connectivity index (χ1n) is 22.1. The first-order chi connectivity index (χ1) is 28.5. The van der Waals surface area contributed by atoms with Crippen LogP contribution in [0.1, 0.15) is 138 Å². The lowest BCUT2D eigenvalue weighted by molar-refractivity contribution is -0.287. The molecule has 1 aliphatic carbocycles. The maximum Gasteiger partial charge on any atom is 0.328 e. The molecule has 60 heavy (non-hydrogen) atoms. The largest absolute Gasteiger partial charge is 0.464 e. The number of hydrogen-bond donors (Lipinski definition) is 3. The topological polar surface area (TPSA) is 186 Å². The highest BCUT2D eigenvalue weighted by Gasteiger charge is 2.55. The number of aliphatic hydroxyl groups excluding tert-OH is 2. The second-order valence-corrected chi connectivity index (χ2v) is 16.9. The fraction of sp³-hybridized carbons (Fsp3) is 0.766. The number of fused-ring (bicyclic) bond motifs is 3. The van der Waals surface area contributed by atoms with Crippen LogP contribution >= 0.6 is 0 Å². The summed E-state index contributed by atoms with van der Waals surface area (Å²) in [5.74, 6) is -4.08. The van der Waals surface area contributed by atoms with E-state index >= 15 is 0 Å². The molecule has 3 aliphatic heterocycles. The van der Waals surface area contributed by atoms with Crippen molar-refractivity contribution in [2.75, 3.05) is 34.5 Å². The van der Waals surface area contributed by atoms with Gasteiger partial charge < -0.3 is 39.2 Å². The van der Waals surface area contributed by atoms with E-state index in [1.165, 1.54) is 4.90 Å². The second kappa shape index (κ2) is 29.3. The van der Waals surface area contributed by atoms with E-state index in [0.717, 1.165) is 51.2 Å². The molecule has 9 atom stereocenters. The van der Waals surface area contributed by atoms with Crippen molar-refractivity contribution in [1.29, 1.82) is 0 Å². The summed E-state index contributed by atoms with van der Waals surface area (Å²) in [5.41, 5.74) is 1.14. The van der Waals surface area contributed by atoms with E-state index < -0.39 is 41.5 Å². The van der Waals surface area contributed by atoms with E-state index in [0.29, 0.717) is 63.2 Å². The number of hydrogen-bond acceptors (Lipinski definition) is 12. The van der Waals surface area contributed by atoms with Crippen LogP contribution in [0.4, 0.5) is 0 Å². The first kappa shape index (κ1) is 54.9. The lowest BCUT2D eigenvalue weighted by Crippen LogP contribution is -2.62. The molecule has 7 unspecified atom stereocenters. The molecule has 2 saturated heterocycles. The SMILES string of the molecule is C/C=C/C(=O)C(C)C.C/C=C\[C@@H]1CC[C@H](O)C(OC)C1.CO.COC1CC(C)C2(O)OC1CCC(C)C/C(C)=C/CC(=O)CCCCOC(=O)C1CCCCN1C(=O)C2=O. The second-order valence-electron chi connectivity index (χ2n) is 16.9. The number of amides is 1. The lowest BCUT2D eigenvalue weighted by Gasteiger charge is -2.45. The van der Waals surface area contributed by atoms with Gasteiger partial charge in [-0.05, 0) is 116 Å². The number of nitrogens with zero attached hydrogens (tertiary/aromatic N) is 1. The van der Waals surface area contributed by atoms with Gasteiger partial charge in [-0.1, -0.05) is 57.6 Å². The quantitative estimate of drug-likeness (QED) is 0.116. The van der Waals surface area contributed by atoms with Crippen LogP contribution in [0, 0.1) is 23.7 Å². The molecule has 3 N–H and O–H groups in total. The van der Waals surface area contributed by atoms with Crippen LogP contribution in [-0.4, -0.2) is 120 Å². The van der Waals surface area contributed by atoms with Gasteiger partial charge in [0.05, 0.1) is 31.0 Å². The van der Waals surface area contributed by atoms with Crippen LogP contribution in [0.15, 0.2) is 36.0 Å². The summed E-state index contributed by atoms with van der Waals surface area (Å²) >= 11 is 0. The maximum atomic E-state index is 13.5. The average Bonchev–Trinajstić information content (AvgIpc) is 3.24. The predicted octanol–water partition coefficient (Wildman–Crippen LogP) is 6.64. The molecule has 13 nitrogen and oxygen atoms in total. The molecule has 0 aromatic heterocycles. The highest BCUT2D eigenvalue weighted by molar-refractivity contribution is 6.39. The van der Waals surface area contributed by atoms with Crippen LogP contribution < -0.4 is 0 Å². The third-order valence-corrected chi connectivity index (χ3v) is 11.7. The van der Waals surface area contributed by atoms with Crippen molar-refractivity contribution >= 4 is 29.2 Å². The summed E-state index contributed by atoms with van der Waals surface area (Å²) in [6.07, 6.45) is 17.7. The third-order valence-electron chi connectivity index (χ3n) is 11.7. The zero-order chi connectivity index (χ0) is 45.4. The van der Waals surface area contributed by atoms with Crippen molar-refractivity contribution in [3.8, 4) is 0 Å². The number of Topliss-reactive ketones (excluding diaryl/α,β-unsaturated/α-hetero) is 2. The summed E-state index contributed by atoms with van der Waals surface area (Å²) in [5, 5.41) is 28.0. The van der Waals surface area contributed by atoms with Crippen molar-refractivity contribution in [1.82, 2.24) is 4.90 Å². The van der Waals surface area contributed by atoms with E-state index in [4.69, 9.17) is 24.1 Å². The molecule has 1 amide bonds. The Kier molecular flexibility index (Phi) is 26.8. The van der Waals surface area contributed by atoms with Gasteiger partial charge in [0.1, 0.15) is 11.8 Å². The van der Waals surface area contributed by atoms with E-state index in [9.17, 15) is 34.2 Å². The normalized spacial score (nSPS) is 32.4. The monoisotopic (exact) mass is 850 g/mol. The number of rotatable bonds is 5. The minimum atomic E-state index is -2.29. The van der Waals surface area contributed by atoms with E-state index in [-0.39, 0.29) is 48.9 Å². The summed E-state index contributed by atoms with van der Waals surface area (Å²) in [6.45, 7) is 13.9. The predicted molar refractivity (Wildman–Crippen MR) is 232 cm³/mol. The number of ether oxygens (including phenoxy) is 4. The van der Waals surface area contributed by atoms with Crippen molar-refractivity contribution in [2.45, 2.75) is 175 Å². The Morgan fingerprint density at radius 1 is 0.917 bits per heavy atom. The van der Waals surface area contributed by atoms with Gasteiger partial charge in [0.25, 0.3) is 11.7 Å². The van der Waals surface area contributed by atoms with Gasteiger partial charge in [-0.25, -0.2) is 4.79 Å².